The van der Waals surface area contributed by atoms with Crippen LogP contribution in [0, 0.1) is 0 Å². The fourth-order valence-electron chi connectivity index (χ4n) is 1.05. The summed E-state index contributed by atoms with van der Waals surface area (Å²) in [6, 6.07) is 0. The predicted molar refractivity (Wildman–Crippen MR) is 32.9 cm³/mol. The lowest BCUT2D eigenvalue weighted by atomic mass is 10.4. The van der Waals surface area contributed by atoms with Crippen molar-refractivity contribution in [3.63, 3.8) is 0 Å². The fourth-order valence-corrected chi connectivity index (χ4v) is 1.05. The van der Waals surface area contributed by atoms with Crippen molar-refractivity contribution in [3.05, 3.63) is 18.2 Å². The van der Waals surface area contributed by atoms with Crippen LogP contribution in [0.2, 0.25) is 0 Å². The Balaban J connectivity index is 2.39. The van der Waals surface area contributed by atoms with Crippen LogP contribution in [0.5, 0.6) is 0 Å². The quantitative estimate of drug-likeness (QED) is 0.476. The summed E-state index contributed by atoms with van der Waals surface area (Å²) in [4.78, 5) is 4.13. The highest BCUT2D eigenvalue weighted by Gasteiger charge is 2.06. The van der Waals surface area contributed by atoms with E-state index in [9.17, 15) is 0 Å². The summed E-state index contributed by atoms with van der Waals surface area (Å²) in [5.41, 5.74) is 0. The van der Waals surface area contributed by atoms with Crippen LogP contribution in [-0.4, -0.2) is 16.1 Å². The molecule has 1 aliphatic rings. The molecule has 0 atom stereocenters. The van der Waals surface area contributed by atoms with Crippen molar-refractivity contribution in [2.24, 2.45) is 0 Å². The van der Waals surface area contributed by atoms with Gasteiger partial charge in [-0.1, -0.05) is 0 Å². The van der Waals surface area contributed by atoms with Gasteiger partial charge in [0.25, 0.3) is 0 Å². The zero-order chi connectivity index (χ0) is 6.10. The Hall–Kier alpha value is -0.830. The first-order chi connectivity index (χ1) is 4.47. The topological polar surface area (TPSA) is 31.9 Å². The third-order valence-electron chi connectivity index (χ3n) is 1.55. The number of rotatable bonds is 0. The summed E-state index contributed by atoms with van der Waals surface area (Å²) in [5.74, 6) is 1.10. The van der Waals surface area contributed by atoms with E-state index in [0.29, 0.717) is 0 Å². The molecular weight excluding hydrogens is 114 g/mol. The minimum absolute atomic E-state index is 0.799. The molecule has 0 spiro atoms. The maximum absolute atomic E-state index is 4.21. The molecule has 0 saturated carbocycles. The van der Waals surface area contributed by atoms with Crippen molar-refractivity contribution in [3.8, 4) is 0 Å². The van der Waals surface area contributed by atoms with Gasteiger partial charge in [-0.3, -0.25) is 0 Å². The molecule has 2 rings (SSSR count). The number of imidazole rings is 1. The van der Waals surface area contributed by atoms with Gasteiger partial charge in [0.2, 0.25) is 0 Å². The Bertz CT molecular complexity index is 183. The third kappa shape index (κ3) is 0.733. The number of nitrogens with zero attached hydrogens (tertiary/aromatic N) is 3. The van der Waals surface area contributed by atoms with E-state index in [0.717, 1.165) is 25.5 Å². The van der Waals surface area contributed by atoms with Gasteiger partial charge >= 0.3 is 0 Å². The highest BCUT2D eigenvalue weighted by molar-refractivity contribution is 4.94. The summed E-state index contributed by atoms with van der Waals surface area (Å²) >= 11 is 0. The van der Waals surface area contributed by atoms with E-state index < -0.39 is 0 Å². The standard InChI is InChI=1S/C6H8N3/c1-3-9-4-2-8-6(9)5-7-1/h2,4H,1,3,5H2. The second-order valence-corrected chi connectivity index (χ2v) is 2.14. The van der Waals surface area contributed by atoms with E-state index in [1.165, 1.54) is 0 Å². The Kier molecular flexibility index (Phi) is 1.02. The SMILES string of the molecule is c1cn2c(n1)C[N]CC2. The number of aromatic nitrogens is 2. The van der Waals surface area contributed by atoms with Gasteiger partial charge in [-0.05, 0) is 0 Å². The van der Waals surface area contributed by atoms with E-state index in [1.807, 2.05) is 12.4 Å². The normalized spacial score (nSPS) is 17.3. The van der Waals surface area contributed by atoms with Crippen LogP contribution in [0.15, 0.2) is 12.4 Å². The zero-order valence-corrected chi connectivity index (χ0v) is 5.12. The van der Waals surface area contributed by atoms with E-state index in [1.54, 1.807) is 0 Å². The highest BCUT2D eigenvalue weighted by atomic mass is 15.1. The number of hydrogen-bond acceptors (Lipinski definition) is 1. The maximum Gasteiger partial charge on any atom is 0.124 e. The Morgan fingerprint density at radius 1 is 1.56 bits per heavy atom. The molecule has 0 N–H and O–H groups in total. The monoisotopic (exact) mass is 122 g/mol. The van der Waals surface area contributed by atoms with Crippen molar-refractivity contribution in [2.75, 3.05) is 6.54 Å². The molecule has 2 heterocycles. The second kappa shape index (κ2) is 1.84. The Labute approximate surface area is 53.7 Å². The molecule has 1 radical (unpaired) electrons. The van der Waals surface area contributed by atoms with Crippen LogP contribution in [0.3, 0.4) is 0 Å². The lowest BCUT2D eigenvalue weighted by Crippen LogP contribution is -2.22. The van der Waals surface area contributed by atoms with Gasteiger partial charge in [-0.2, -0.15) is 0 Å². The summed E-state index contributed by atoms with van der Waals surface area (Å²) < 4.78 is 2.15. The summed E-state index contributed by atoms with van der Waals surface area (Å²) in [7, 11) is 0. The van der Waals surface area contributed by atoms with E-state index >= 15 is 0 Å². The molecule has 47 valence electrons. The van der Waals surface area contributed by atoms with Crippen LogP contribution < -0.4 is 5.32 Å². The van der Waals surface area contributed by atoms with Crippen LogP contribution in [0.25, 0.3) is 0 Å². The maximum atomic E-state index is 4.21. The van der Waals surface area contributed by atoms with Crippen molar-refractivity contribution >= 4 is 0 Å². The molecule has 0 aliphatic carbocycles. The zero-order valence-electron chi connectivity index (χ0n) is 5.12. The first-order valence-corrected chi connectivity index (χ1v) is 3.10. The van der Waals surface area contributed by atoms with Gasteiger partial charge < -0.3 is 4.57 Å². The van der Waals surface area contributed by atoms with Crippen molar-refractivity contribution < 1.29 is 0 Å². The van der Waals surface area contributed by atoms with Crippen molar-refractivity contribution in [1.82, 2.24) is 14.9 Å². The van der Waals surface area contributed by atoms with Crippen molar-refractivity contribution in [1.29, 1.82) is 0 Å². The van der Waals surface area contributed by atoms with E-state index in [4.69, 9.17) is 0 Å². The number of fused-ring (bicyclic) bond motifs is 1. The average Bonchev–Trinajstić information content (AvgIpc) is 2.33. The van der Waals surface area contributed by atoms with Gasteiger partial charge in [0, 0.05) is 25.5 Å². The molecule has 1 aromatic rings. The molecular formula is C6H8N3. The van der Waals surface area contributed by atoms with Crippen LogP contribution in [0.1, 0.15) is 5.82 Å². The van der Waals surface area contributed by atoms with Crippen LogP contribution in [0.4, 0.5) is 0 Å². The van der Waals surface area contributed by atoms with Gasteiger partial charge in [-0.15, -0.1) is 0 Å². The molecule has 0 aromatic carbocycles. The average molecular weight is 122 g/mol. The molecule has 0 bridgehead atoms. The largest absolute Gasteiger partial charge is 0.332 e. The molecule has 0 fully saturated rings. The van der Waals surface area contributed by atoms with Crippen LogP contribution >= 0.6 is 0 Å². The molecule has 0 amide bonds. The molecule has 0 saturated heterocycles. The molecule has 1 aromatic heterocycles. The first-order valence-electron chi connectivity index (χ1n) is 3.10. The van der Waals surface area contributed by atoms with Gasteiger partial charge in [0.05, 0.1) is 6.54 Å². The van der Waals surface area contributed by atoms with E-state index in [-0.39, 0.29) is 0 Å². The minimum Gasteiger partial charge on any atom is -0.332 e. The first kappa shape index (κ1) is 4.99. The molecule has 3 nitrogen and oxygen atoms in total. The lowest BCUT2D eigenvalue weighted by molar-refractivity contribution is 0.497. The van der Waals surface area contributed by atoms with E-state index in [2.05, 4.69) is 14.9 Å². The Morgan fingerprint density at radius 2 is 2.56 bits per heavy atom. The summed E-state index contributed by atoms with van der Waals surface area (Å²) in [5, 5.41) is 4.21. The lowest BCUT2D eigenvalue weighted by Gasteiger charge is -2.12. The molecule has 9 heavy (non-hydrogen) atoms. The van der Waals surface area contributed by atoms with Crippen molar-refractivity contribution in [2.45, 2.75) is 13.1 Å². The molecule has 0 unspecified atom stereocenters. The predicted octanol–water partition coefficient (Wildman–Crippen LogP) is 0.00110. The second-order valence-electron chi connectivity index (χ2n) is 2.14. The Morgan fingerprint density at radius 3 is 3.44 bits per heavy atom. The molecule has 1 aliphatic heterocycles. The van der Waals surface area contributed by atoms with Crippen LogP contribution in [-0.2, 0) is 13.1 Å². The summed E-state index contributed by atoms with van der Waals surface area (Å²) in [6.07, 6.45) is 3.83. The molecule has 3 heteroatoms. The van der Waals surface area contributed by atoms with Gasteiger partial charge in [0.1, 0.15) is 5.82 Å². The van der Waals surface area contributed by atoms with Gasteiger partial charge in [0.15, 0.2) is 0 Å². The fraction of sp³-hybridized carbons (Fsp3) is 0.500. The summed E-state index contributed by atoms with van der Waals surface area (Å²) in [6.45, 7) is 2.76. The third-order valence-corrected chi connectivity index (χ3v) is 1.55. The minimum atomic E-state index is 0.799. The number of hydrogen-bond donors (Lipinski definition) is 0. The smallest absolute Gasteiger partial charge is 0.124 e. The van der Waals surface area contributed by atoms with Gasteiger partial charge in [-0.25, -0.2) is 10.3 Å². The highest BCUT2D eigenvalue weighted by Crippen LogP contribution is 2.01.